The SMILES string of the molecule is Cn1ncc(CN2C[C@@H]3CCC[C@@]3(C(=O)O)C2)c1C(F)(F)F. The minimum atomic E-state index is -4.46. The first-order valence-electron chi connectivity index (χ1n) is 7.28. The maximum Gasteiger partial charge on any atom is 0.433 e. The van der Waals surface area contributed by atoms with Crippen LogP contribution in [0.4, 0.5) is 13.2 Å². The van der Waals surface area contributed by atoms with E-state index in [1.54, 1.807) is 0 Å². The molecule has 0 amide bonds. The molecular formula is C14H18F3N3O2. The monoisotopic (exact) mass is 317 g/mol. The molecule has 0 spiro atoms. The van der Waals surface area contributed by atoms with Gasteiger partial charge in [0.25, 0.3) is 0 Å². The quantitative estimate of drug-likeness (QED) is 0.928. The van der Waals surface area contributed by atoms with Crippen molar-refractivity contribution in [1.82, 2.24) is 14.7 Å². The predicted molar refractivity (Wildman–Crippen MR) is 70.9 cm³/mol. The first-order chi connectivity index (χ1) is 10.2. The summed E-state index contributed by atoms with van der Waals surface area (Å²) in [6.45, 7) is 0.950. The number of hydrogen-bond donors (Lipinski definition) is 1. The molecule has 1 saturated heterocycles. The second kappa shape index (κ2) is 4.97. The van der Waals surface area contributed by atoms with E-state index in [0.29, 0.717) is 19.5 Å². The van der Waals surface area contributed by atoms with Gasteiger partial charge in [0.2, 0.25) is 0 Å². The first-order valence-corrected chi connectivity index (χ1v) is 7.28. The number of nitrogens with zero attached hydrogens (tertiary/aromatic N) is 3. The third kappa shape index (κ3) is 2.29. The molecule has 8 heteroatoms. The lowest BCUT2D eigenvalue weighted by Crippen LogP contribution is -2.35. The summed E-state index contributed by atoms with van der Waals surface area (Å²) < 4.78 is 40.1. The second-order valence-electron chi connectivity index (χ2n) is 6.36. The van der Waals surface area contributed by atoms with Crippen LogP contribution in [0.2, 0.25) is 0 Å². The number of alkyl halides is 3. The van der Waals surface area contributed by atoms with E-state index < -0.39 is 23.3 Å². The van der Waals surface area contributed by atoms with Gasteiger partial charge in [0.1, 0.15) is 5.69 Å². The molecule has 0 radical (unpaired) electrons. The predicted octanol–water partition coefficient (Wildman–Crippen LogP) is 2.13. The summed E-state index contributed by atoms with van der Waals surface area (Å²) in [6, 6.07) is 0. The molecule has 1 N–H and O–H groups in total. The van der Waals surface area contributed by atoms with E-state index in [9.17, 15) is 23.1 Å². The van der Waals surface area contributed by atoms with E-state index in [-0.39, 0.29) is 18.0 Å². The highest BCUT2D eigenvalue weighted by molar-refractivity contribution is 5.76. The van der Waals surface area contributed by atoms with Gasteiger partial charge < -0.3 is 5.11 Å². The number of rotatable bonds is 3. The highest BCUT2D eigenvalue weighted by atomic mass is 19.4. The van der Waals surface area contributed by atoms with Crippen LogP contribution in [-0.4, -0.2) is 38.8 Å². The van der Waals surface area contributed by atoms with Crippen LogP contribution in [0.15, 0.2) is 6.20 Å². The summed E-state index contributed by atoms with van der Waals surface area (Å²) in [5, 5.41) is 13.2. The number of aromatic nitrogens is 2. The topological polar surface area (TPSA) is 58.4 Å². The highest BCUT2D eigenvalue weighted by Crippen LogP contribution is 2.49. The Balaban J connectivity index is 1.81. The van der Waals surface area contributed by atoms with Crippen molar-refractivity contribution < 1.29 is 23.1 Å². The molecule has 5 nitrogen and oxygen atoms in total. The molecule has 1 aromatic heterocycles. The molecule has 2 fully saturated rings. The lowest BCUT2D eigenvalue weighted by molar-refractivity contribution is -0.149. The Morgan fingerprint density at radius 1 is 1.55 bits per heavy atom. The van der Waals surface area contributed by atoms with Crippen LogP contribution in [0.1, 0.15) is 30.5 Å². The molecule has 3 rings (SSSR count). The minimum Gasteiger partial charge on any atom is -0.481 e. The zero-order chi connectivity index (χ0) is 16.1. The Kier molecular flexibility index (Phi) is 3.47. The van der Waals surface area contributed by atoms with E-state index >= 15 is 0 Å². The smallest absolute Gasteiger partial charge is 0.433 e. The summed E-state index contributed by atoms with van der Waals surface area (Å²) in [5.74, 6) is -0.782. The molecule has 0 bridgehead atoms. The zero-order valence-corrected chi connectivity index (χ0v) is 12.2. The van der Waals surface area contributed by atoms with E-state index in [4.69, 9.17) is 0 Å². The van der Waals surface area contributed by atoms with Crippen LogP contribution in [0.3, 0.4) is 0 Å². The fourth-order valence-corrected chi connectivity index (χ4v) is 4.07. The lowest BCUT2D eigenvalue weighted by Gasteiger charge is -2.23. The molecule has 2 atom stereocenters. The van der Waals surface area contributed by atoms with Crippen molar-refractivity contribution in [1.29, 1.82) is 0 Å². The minimum absolute atomic E-state index is 0.0380. The van der Waals surface area contributed by atoms with Crippen LogP contribution < -0.4 is 0 Å². The van der Waals surface area contributed by atoms with Gasteiger partial charge in [0.05, 0.1) is 11.6 Å². The number of carbonyl (C=O) groups is 1. The number of likely N-dealkylation sites (tertiary alicyclic amines) is 1. The third-order valence-electron chi connectivity index (χ3n) is 5.04. The van der Waals surface area contributed by atoms with Gasteiger partial charge in [-0.05, 0) is 18.8 Å². The number of aliphatic carboxylic acids is 1. The van der Waals surface area contributed by atoms with Crippen LogP contribution in [-0.2, 0) is 24.6 Å². The van der Waals surface area contributed by atoms with Crippen LogP contribution in [0.25, 0.3) is 0 Å². The fraction of sp³-hybridized carbons (Fsp3) is 0.714. The average Bonchev–Trinajstić information content (AvgIpc) is 3.01. The van der Waals surface area contributed by atoms with Gasteiger partial charge in [-0.3, -0.25) is 14.4 Å². The standard InChI is InChI=1S/C14H18F3N3O2/c1-19-11(14(15,16)17)9(5-18-19)6-20-7-10-3-2-4-13(10,8-20)12(21)22/h5,10H,2-4,6-8H2,1H3,(H,21,22)/t10-,13+/m0/s1. The van der Waals surface area contributed by atoms with Crippen molar-refractivity contribution in [3.05, 3.63) is 17.5 Å². The van der Waals surface area contributed by atoms with E-state index in [1.807, 2.05) is 4.90 Å². The molecule has 1 saturated carbocycles. The molecular weight excluding hydrogens is 299 g/mol. The number of halogens is 3. The molecule has 1 aliphatic heterocycles. The number of carboxylic acids is 1. The summed E-state index contributed by atoms with van der Waals surface area (Å²) in [7, 11) is 1.27. The Labute approximate surface area is 125 Å². The molecule has 22 heavy (non-hydrogen) atoms. The van der Waals surface area contributed by atoms with Gasteiger partial charge in [-0.2, -0.15) is 18.3 Å². The average molecular weight is 317 g/mol. The Bertz CT molecular complexity index is 599. The summed E-state index contributed by atoms with van der Waals surface area (Å²) >= 11 is 0. The molecule has 2 heterocycles. The zero-order valence-electron chi connectivity index (χ0n) is 12.2. The Morgan fingerprint density at radius 3 is 2.86 bits per heavy atom. The maximum absolute atomic E-state index is 13.1. The fourth-order valence-electron chi connectivity index (χ4n) is 4.07. The van der Waals surface area contributed by atoms with Crippen LogP contribution in [0, 0.1) is 11.3 Å². The van der Waals surface area contributed by atoms with E-state index in [2.05, 4.69) is 5.10 Å². The molecule has 1 aromatic rings. The molecule has 0 aromatic carbocycles. The second-order valence-corrected chi connectivity index (χ2v) is 6.36. The van der Waals surface area contributed by atoms with Gasteiger partial charge in [-0.25, -0.2) is 0 Å². The first kappa shape index (κ1) is 15.3. The Morgan fingerprint density at radius 2 is 2.27 bits per heavy atom. The molecule has 122 valence electrons. The largest absolute Gasteiger partial charge is 0.481 e. The highest BCUT2D eigenvalue weighted by Gasteiger charge is 2.54. The maximum atomic E-state index is 13.1. The lowest BCUT2D eigenvalue weighted by atomic mass is 9.81. The van der Waals surface area contributed by atoms with Gasteiger partial charge in [0.15, 0.2) is 0 Å². The van der Waals surface area contributed by atoms with Crippen LogP contribution in [0.5, 0.6) is 0 Å². The van der Waals surface area contributed by atoms with Crippen molar-refractivity contribution in [3.63, 3.8) is 0 Å². The number of hydrogen-bond acceptors (Lipinski definition) is 3. The van der Waals surface area contributed by atoms with Crippen molar-refractivity contribution in [2.75, 3.05) is 13.1 Å². The number of carboxylic acid groups (broad SMARTS) is 1. The van der Waals surface area contributed by atoms with Crippen molar-refractivity contribution in [2.45, 2.75) is 32.0 Å². The third-order valence-corrected chi connectivity index (χ3v) is 5.04. The summed E-state index contributed by atoms with van der Waals surface area (Å²) in [5.41, 5.74) is -1.43. The van der Waals surface area contributed by atoms with Crippen molar-refractivity contribution in [3.8, 4) is 0 Å². The Hall–Kier alpha value is -1.57. The number of aryl methyl sites for hydroxylation is 1. The van der Waals surface area contributed by atoms with Gasteiger partial charge in [-0.15, -0.1) is 0 Å². The summed E-state index contributed by atoms with van der Waals surface area (Å²) in [6.07, 6.45) is -0.902. The van der Waals surface area contributed by atoms with Gasteiger partial charge in [0, 0.05) is 32.2 Å². The van der Waals surface area contributed by atoms with E-state index in [0.717, 1.165) is 17.5 Å². The van der Waals surface area contributed by atoms with Crippen molar-refractivity contribution in [2.24, 2.45) is 18.4 Å². The summed E-state index contributed by atoms with van der Waals surface area (Å²) in [4.78, 5) is 13.4. The number of fused-ring (bicyclic) bond motifs is 1. The molecule has 2 aliphatic rings. The van der Waals surface area contributed by atoms with Gasteiger partial charge in [-0.1, -0.05) is 6.42 Å². The molecule has 0 unspecified atom stereocenters. The van der Waals surface area contributed by atoms with Crippen molar-refractivity contribution >= 4 is 5.97 Å². The molecule has 1 aliphatic carbocycles. The van der Waals surface area contributed by atoms with E-state index in [1.165, 1.54) is 13.2 Å². The normalized spacial score (nSPS) is 29.0. The van der Waals surface area contributed by atoms with Gasteiger partial charge >= 0.3 is 12.1 Å². The van der Waals surface area contributed by atoms with Crippen LogP contribution >= 0.6 is 0 Å².